The highest BCUT2D eigenvalue weighted by Crippen LogP contribution is 2.31. The molecule has 0 fully saturated rings. The molecule has 5 nitrogen and oxygen atoms in total. The minimum absolute atomic E-state index is 0.460. The van der Waals surface area contributed by atoms with Crippen LogP contribution in [0.5, 0.6) is 0 Å². The van der Waals surface area contributed by atoms with Gasteiger partial charge >= 0.3 is 0 Å². The van der Waals surface area contributed by atoms with E-state index in [-0.39, 0.29) is 0 Å². The van der Waals surface area contributed by atoms with Gasteiger partial charge in [-0.05, 0) is 24.6 Å². The van der Waals surface area contributed by atoms with E-state index in [9.17, 15) is 18.9 Å². The summed E-state index contributed by atoms with van der Waals surface area (Å²) >= 11 is 0. The van der Waals surface area contributed by atoms with Crippen LogP contribution < -0.4 is 5.32 Å². The highest BCUT2D eigenvalue weighted by atomic mass is 19.2. The minimum atomic E-state index is -1.27. The van der Waals surface area contributed by atoms with Gasteiger partial charge in [0.15, 0.2) is 17.3 Å². The second-order valence-electron chi connectivity index (χ2n) is 4.16. The molecule has 0 saturated carbocycles. The van der Waals surface area contributed by atoms with Crippen molar-refractivity contribution in [3.05, 3.63) is 64.0 Å². The number of pyridine rings is 1. The second-order valence-corrected chi connectivity index (χ2v) is 4.16. The van der Waals surface area contributed by atoms with E-state index in [1.165, 1.54) is 0 Å². The van der Waals surface area contributed by atoms with Crippen molar-refractivity contribution < 1.29 is 13.7 Å². The lowest BCUT2D eigenvalue weighted by atomic mass is 10.1. The quantitative estimate of drug-likeness (QED) is 0.687. The number of benzene rings is 1. The number of nitrogens with zero attached hydrogens (tertiary/aromatic N) is 2. The van der Waals surface area contributed by atoms with Crippen LogP contribution in [0.4, 0.5) is 20.2 Å². The van der Waals surface area contributed by atoms with Crippen LogP contribution in [0, 0.1) is 21.7 Å². The Morgan fingerprint density at radius 1 is 1.35 bits per heavy atom. The standard InChI is InChI=1S/C13H11F2N3O2/c1-8(9-3-2-6-16-7-9)17-13-11(18(19)20)5-4-10(14)12(13)15/h2-8,17H,1H3. The fourth-order valence-electron chi connectivity index (χ4n) is 1.76. The maximum Gasteiger partial charge on any atom is 0.295 e. The monoisotopic (exact) mass is 279 g/mol. The van der Waals surface area contributed by atoms with Gasteiger partial charge in [-0.2, -0.15) is 0 Å². The van der Waals surface area contributed by atoms with E-state index in [0.717, 1.165) is 12.1 Å². The molecule has 104 valence electrons. The van der Waals surface area contributed by atoms with Crippen LogP contribution in [0.25, 0.3) is 0 Å². The molecule has 7 heteroatoms. The van der Waals surface area contributed by atoms with Gasteiger partial charge in [0.05, 0.1) is 11.0 Å². The summed E-state index contributed by atoms with van der Waals surface area (Å²) in [6.45, 7) is 1.67. The Morgan fingerprint density at radius 2 is 2.10 bits per heavy atom. The summed E-state index contributed by atoms with van der Waals surface area (Å²) in [7, 11) is 0. The molecule has 2 aromatic rings. The minimum Gasteiger partial charge on any atom is -0.370 e. The number of aromatic nitrogens is 1. The molecule has 2 rings (SSSR count). The largest absolute Gasteiger partial charge is 0.370 e. The third-order valence-electron chi connectivity index (χ3n) is 2.81. The lowest BCUT2D eigenvalue weighted by Gasteiger charge is -2.16. The van der Waals surface area contributed by atoms with Crippen molar-refractivity contribution in [2.24, 2.45) is 0 Å². The molecule has 1 N–H and O–H groups in total. The predicted molar refractivity (Wildman–Crippen MR) is 69.3 cm³/mol. The number of anilines is 1. The van der Waals surface area contributed by atoms with Crippen LogP contribution in [-0.2, 0) is 0 Å². The van der Waals surface area contributed by atoms with Crippen LogP contribution in [0.15, 0.2) is 36.7 Å². The van der Waals surface area contributed by atoms with E-state index >= 15 is 0 Å². The predicted octanol–water partition coefficient (Wildman–Crippen LogP) is 3.44. The Balaban J connectivity index is 2.38. The van der Waals surface area contributed by atoms with Crippen LogP contribution in [-0.4, -0.2) is 9.91 Å². The van der Waals surface area contributed by atoms with E-state index < -0.39 is 34.0 Å². The van der Waals surface area contributed by atoms with Crippen LogP contribution >= 0.6 is 0 Å². The zero-order valence-corrected chi connectivity index (χ0v) is 10.5. The van der Waals surface area contributed by atoms with Gasteiger partial charge in [-0.25, -0.2) is 8.78 Å². The van der Waals surface area contributed by atoms with Crippen molar-refractivity contribution in [2.45, 2.75) is 13.0 Å². The Morgan fingerprint density at radius 3 is 2.70 bits per heavy atom. The number of rotatable bonds is 4. The van der Waals surface area contributed by atoms with Gasteiger partial charge in [0, 0.05) is 18.5 Å². The summed E-state index contributed by atoms with van der Waals surface area (Å²) in [4.78, 5) is 14.0. The number of nitro groups is 1. The number of nitrogens with one attached hydrogen (secondary N) is 1. The first-order valence-electron chi connectivity index (χ1n) is 5.79. The Bertz CT molecular complexity index is 635. The third kappa shape index (κ3) is 2.71. The smallest absolute Gasteiger partial charge is 0.295 e. The molecule has 0 saturated heterocycles. The maximum atomic E-state index is 13.7. The zero-order chi connectivity index (χ0) is 14.7. The SMILES string of the molecule is CC(Nc1c([N+](=O)[O-])ccc(F)c1F)c1cccnc1. The summed E-state index contributed by atoms with van der Waals surface area (Å²) in [6, 6.07) is 4.61. The molecule has 1 aromatic heterocycles. The van der Waals surface area contributed by atoms with Crippen molar-refractivity contribution >= 4 is 11.4 Å². The Kier molecular flexibility index (Phi) is 3.88. The van der Waals surface area contributed by atoms with Crippen molar-refractivity contribution in [3.8, 4) is 0 Å². The van der Waals surface area contributed by atoms with Crippen LogP contribution in [0.1, 0.15) is 18.5 Å². The maximum absolute atomic E-state index is 13.7. The average molecular weight is 279 g/mol. The van der Waals surface area contributed by atoms with Gasteiger partial charge in [0.1, 0.15) is 0 Å². The highest BCUT2D eigenvalue weighted by Gasteiger charge is 2.23. The molecule has 0 radical (unpaired) electrons. The number of nitro benzene ring substituents is 1. The normalized spacial score (nSPS) is 11.9. The fourth-order valence-corrected chi connectivity index (χ4v) is 1.76. The molecule has 0 spiro atoms. The molecule has 0 bridgehead atoms. The first kappa shape index (κ1) is 13.9. The fraction of sp³-hybridized carbons (Fsp3) is 0.154. The first-order valence-corrected chi connectivity index (χ1v) is 5.79. The number of halogens is 2. The lowest BCUT2D eigenvalue weighted by molar-refractivity contribution is -0.384. The highest BCUT2D eigenvalue weighted by molar-refractivity contribution is 5.63. The summed E-state index contributed by atoms with van der Waals surface area (Å²) < 4.78 is 27.0. The summed E-state index contributed by atoms with van der Waals surface area (Å²) in [5.41, 5.74) is -0.281. The second kappa shape index (κ2) is 5.60. The van der Waals surface area contributed by atoms with E-state index in [0.29, 0.717) is 5.56 Å². The molecule has 0 amide bonds. The van der Waals surface area contributed by atoms with Gasteiger partial charge in [0.25, 0.3) is 5.69 Å². The molecular formula is C13H11F2N3O2. The van der Waals surface area contributed by atoms with Gasteiger partial charge in [-0.3, -0.25) is 15.1 Å². The first-order chi connectivity index (χ1) is 9.50. The third-order valence-corrected chi connectivity index (χ3v) is 2.81. The van der Waals surface area contributed by atoms with E-state index in [1.54, 1.807) is 31.5 Å². The van der Waals surface area contributed by atoms with Crippen LogP contribution in [0.2, 0.25) is 0 Å². The van der Waals surface area contributed by atoms with Crippen molar-refractivity contribution in [1.82, 2.24) is 4.98 Å². The van der Waals surface area contributed by atoms with Gasteiger partial charge in [-0.15, -0.1) is 0 Å². The van der Waals surface area contributed by atoms with Crippen molar-refractivity contribution in [1.29, 1.82) is 0 Å². The van der Waals surface area contributed by atoms with Crippen LogP contribution in [0.3, 0.4) is 0 Å². The molecular weight excluding hydrogens is 268 g/mol. The summed E-state index contributed by atoms with van der Waals surface area (Å²) in [5, 5.41) is 13.5. The van der Waals surface area contributed by atoms with Crippen molar-refractivity contribution in [3.63, 3.8) is 0 Å². The van der Waals surface area contributed by atoms with E-state index in [4.69, 9.17) is 0 Å². The Labute approximate surface area is 113 Å². The molecule has 1 aromatic carbocycles. The van der Waals surface area contributed by atoms with Gasteiger partial charge in [0.2, 0.25) is 0 Å². The summed E-state index contributed by atoms with van der Waals surface area (Å²) in [5.74, 6) is -2.41. The molecule has 0 aliphatic heterocycles. The molecule has 1 unspecified atom stereocenters. The molecule has 0 aliphatic carbocycles. The topological polar surface area (TPSA) is 68.1 Å². The van der Waals surface area contributed by atoms with Gasteiger partial charge in [-0.1, -0.05) is 6.07 Å². The van der Waals surface area contributed by atoms with E-state index in [2.05, 4.69) is 10.3 Å². The molecule has 20 heavy (non-hydrogen) atoms. The number of hydrogen-bond acceptors (Lipinski definition) is 4. The zero-order valence-electron chi connectivity index (χ0n) is 10.5. The molecule has 1 heterocycles. The van der Waals surface area contributed by atoms with E-state index in [1.807, 2.05) is 0 Å². The Hall–Kier alpha value is -2.57. The summed E-state index contributed by atoms with van der Waals surface area (Å²) in [6.07, 6.45) is 3.11. The average Bonchev–Trinajstić information content (AvgIpc) is 2.44. The number of hydrogen-bond donors (Lipinski definition) is 1. The van der Waals surface area contributed by atoms with Crippen molar-refractivity contribution in [2.75, 3.05) is 5.32 Å². The molecule has 1 atom stereocenters. The molecule has 0 aliphatic rings. The lowest BCUT2D eigenvalue weighted by Crippen LogP contribution is -2.11. The van der Waals surface area contributed by atoms with Gasteiger partial charge < -0.3 is 5.32 Å².